The lowest BCUT2D eigenvalue weighted by atomic mass is 10.1. The van der Waals surface area contributed by atoms with Gasteiger partial charge in [0.2, 0.25) is 5.91 Å². The number of nitrogens with one attached hydrogen (secondary N) is 1. The molecule has 4 rings (SSSR count). The molecule has 0 saturated heterocycles. The number of carbonyl (C=O) groups excluding carboxylic acids is 1. The molecule has 2 heterocycles. The van der Waals surface area contributed by atoms with Crippen LogP contribution in [0, 0.1) is 0 Å². The van der Waals surface area contributed by atoms with Gasteiger partial charge in [0.1, 0.15) is 5.82 Å². The fraction of sp³-hybridized carbons (Fsp3) is 0.238. The van der Waals surface area contributed by atoms with Crippen LogP contribution in [0.25, 0.3) is 0 Å². The third-order valence-corrected chi connectivity index (χ3v) is 5.10. The number of hydrogen-bond acceptors (Lipinski definition) is 3. The van der Waals surface area contributed by atoms with Gasteiger partial charge in [-0.25, -0.2) is 4.68 Å². The molecule has 0 bridgehead atoms. The Bertz CT molecular complexity index is 968. The molecule has 1 amide bonds. The molecule has 0 fully saturated rings. The van der Waals surface area contributed by atoms with E-state index in [4.69, 9.17) is 11.6 Å². The van der Waals surface area contributed by atoms with Crippen LogP contribution in [0.15, 0.2) is 60.8 Å². The summed E-state index contributed by atoms with van der Waals surface area (Å²) in [5.41, 5.74) is 3.47. The highest BCUT2D eigenvalue weighted by molar-refractivity contribution is 6.30. The Morgan fingerprint density at radius 3 is 2.93 bits per heavy atom. The molecular formula is C21H21ClN4O. The SMILES string of the molecule is C[C@H]1Cc2ccccc2N1CC(=O)Nc1ccnn1Cc1cccc(Cl)c1. The second kappa shape index (κ2) is 7.45. The van der Waals surface area contributed by atoms with Gasteiger partial charge >= 0.3 is 0 Å². The third kappa shape index (κ3) is 3.83. The van der Waals surface area contributed by atoms with E-state index in [1.165, 1.54) is 5.56 Å². The van der Waals surface area contributed by atoms with Gasteiger partial charge in [-0.1, -0.05) is 41.9 Å². The molecule has 1 aliphatic rings. The van der Waals surface area contributed by atoms with Gasteiger partial charge < -0.3 is 10.2 Å². The maximum atomic E-state index is 12.7. The zero-order valence-electron chi connectivity index (χ0n) is 15.1. The molecular weight excluding hydrogens is 360 g/mol. The highest BCUT2D eigenvalue weighted by Gasteiger charge is 2.27. The van der Waals surface area contributed by atoms with Crippen LogP contribution in [0.4, 0.5) is 11.5 Å². The zero-order chi connectivity index (χ0) is 18.8. The van der Waals surface area contributed by atoms with E-state index in [0.29, 0.717) is 30.0 Å². The van der Waals surface area contributed by atoms with E-state index in [1.807, 2.05) is 42.5 Å². The standard InChI is InChI=1S/C21H21ClN4O/c1-15-11-17-6-2-3-8-19(17)25(15)14-21(27)24-20-9-10-23-26(20)13-16-5-4-7-18(22)12-16/h2-10,12,15H,11,13-14H2,1H3,(H,24,27)/t15-/m0/s1. The number of fused-ring (bicyclic) bond motifs is 1. The van der Waals surface area contributed by atoms with Crippen molar-refractivity contribution in [3.05, 3.63) is 76.9 Å². The zero-order valence-corrected chi connectivity index (χ0v) is 15.9. The Labute approximate surface area is 163 Å². The predicted octanol–water partition coefficient (Wildman–Crippen LogP) is 3.97. The Morgan fingerprint density at radius 2 is 2.07 bits per heavy atom. The molecule has 0 aliphatic carbocycles. The van der Waals surface area contributed by atoms with Gasteiger partial charge in [0, 0.05) is 22.8 Å². The number of amides is 1. The summed E-state index contributed by atoms with van der Waals surface area (Å²) in [4.78, 5) is 14.8. The first-order valence-corrected chi connectivity index (χ1v) is 9.38. The summed E-state index contributed by atoms with van der Waals surface area (Å²) in [6, 6.07) is 18.0. The van der Waals surface area contributed by atoms with Gasteiger partial charge in [0.15, 0.2) is 0 Å². The second-order valence-electron chi connectivity index (χ2n) is 6.86. The monoisotopic (exact) mass is 380 g/mol. The van der Waals surface area contributed by atoms with E-state index in [9.17, 15) is 4.79 Å². The largest absolute Gasteiger partial charge is 0.359 e. The number of anilines is 2. The van der Waals surface area contributed by atoms with Gasteiger partial charge in [-0.15, -0.1) is 0 Å². The highest BCUT2D eigenvalue weighted by Crippen LogP contribution is 2.31. The van der Waals surface area contributed by atoms with E-state index >= 15 is 0 Å². The minimum absolute atomic E-state index is 0.0496. The Balaban J connectivity index is 1.44. The topological polar surface area (TPSA) is 50.2 Å². The number of hydrogen-bond donors (Lipinski definition) is 1. The molecule has 0 unspecified atom stereocenters. The predicted molar refractivity (Wildman–Crippen MR) is 108 cm³/mol. The third-order valence-electron chi connectivity index (χ3n) is 4.87. The van der Waals surface area contributed by atoms with Crippen LogP contribution in [0.3, 0.4) is 0 Å². The summed E-state index contributed by atoms with van der Waals surface area (Å²) in [6.45, 7) is 3.02. The minimum Gasteiger partial charge on any atom is -0.359 e. The average Bonchev–Trinajstić information content (AvgIpc) is 3.19. The summed E-state index contributed by atoms with van der Waals surface area (Å²) in [6.07, 6.45) is 2.66. The molecule has 0 spiro atoms. The fourth-order valence-electron chi connectivity index (χ4n) is 3.58. The van der Waals surface area contributed by atoms with E-state index in [2.05, 4.69) is 34.4 Å². The van der Waals surface area contributed by atoms with Gasteiger partial charge in [0.25, 0.3) is 0 Å². The van der Waals surface area contributed by atoms with Crippen LogP contribution in [-0.2, 0) is 17.8 Å². The van der Waals surface area contributed by atoms with Crippen molar-refractivity contribution >= 4 is 29.0 Å². The second-order valence-corrected chi connectivity index (χ2v) is 7.30. The van der Waals surface area contributed by atoms with E-state index in [1.54, 1.807) is 10.9 Å². The minimum atomic E-state index is -0.0496. The van der Waals surface area contributed by atoms with Crippen LogP contribution in [0.1, 0.15) is 18.1 Å². The summed E-state index contributed by atoms with van der Waals surface area (Å²) >= 11 is 6.05. The van der Waals surface area contributed by atoms with Gasteiger partial charge in [0.05, 0.1) is 19.3 Å². The number of nitrogens with zero attached hydrogens (tertiary/aromatic N) is 3. The number of benzene rings is 2. The number of aromatic nitrogens is 2. The van der Waals surface area contributed by atoms with Crippen molar-refractivity contribution in [2.24, 2.45) is 0 Å². The summed E-state index contributed by atoms with van der Waals surface area (Å²) < 4.78 is 1.77. The lowest BCUT2D eigenvalue weighted by molar-refractivity contribution is -0.115. The maximum Gasteiger partial charge on any atom is 0.245 e. The van der Waals surface area contributed by atoms with Crippen LogP contribution in [0.2, 0.25) is 5.02 Å². The lowest BCUT2D eigenvalue weighted by Crippen LogP contribution is -2.37. The Hall–Kier alpha value is -2.79. The van der Waals surface area contributed by atoms with Crippen LogP contribution >= 0.6 is 11.6 Å². The molecule has 138 valence electrons. The first-order valence-electron chi connectivity index (χ1n) is 9.01. The Morgan fingerprint density at radius 1 is 1.22 bits per heavy atom. The first-order chi connectivity index (χ1) is 13.1. The van der Waals surface area contributed by atoms with Crippen LogP contribution in [-0.4, -0.2) is 28.3 Å². The van der Waals surface area contributed by atoms with Crippen molar-refractivity contribution in [1.82, 2.24) is 9.78 Å². The normalized spacial score (nSPS) is 15.6. The number of halogens is 1. The fourth-order valence-corrected chi connectivity index (χ4v) is 3.79. The number of carbonyl (C=O) groups is 1. The molecule has 2 aromatic carbocycles. The van der Waals surface area contributed by atoms with Gasteiger partial charge in [-0.2, -0.15) is 5.10 Å². The Kier molecular flexibility index (Phi) is 4.86. The number of para-hydroxylation sites is 1. The van der Waals surface area contributed by atoms with Crippen molar-refractivity contribution in [1.29, 1.82) is 0 Å². The smallest absolute Gasteiger partial charge is 0.245 e. The lowest BCUT2D eigenvalue weighted by Gasteiger charge is -2.24. The summed E-state index contributed by atoms with van der Waals surface area (Å²) in [5, 5.41) is 8.00. The molecule has 5 nitrogen and oxygen atoms in total. The van der Waals surface area contributed by atoms with Crippen LogP contribution < -0.4 is 10.2 Å². The molecule has 3 aromatic rings. The van der Waals surface area contributed by atoms with Gasteiger partial charge in [-0.3, -0.25) is 4.79 Å². The van der Waals surface area contributed by atoms with Crippen LogP contribution in [0.5, 0.6) is 0 Å². The molecule has 1 N–H and O–H groups in total. The van der Waals surface area contributed by atoms with Gasteiger partial charge in [-0.05, 0) is 42.7 Å². The van der Waals surface area contributed by atoms with Crippen molar-refractivity contribution < 1.29 is 4.79 Å². The summed E-state index contributed by atoms with van der Waals surface area (Å²) in [5.74, 6) is 0.631. The molecule has 1 atom stereocenters. The first kappa shape index (κ1) is 17.6. The highest BCUT2D eigenvalue weighted by atomic mass is 35.5. The molecule has 1 aliphatic heterocycles. The molecule has 27 heavy (non-hydrogen) atoms. The van der Waals surface area contributed by atoms with Crippen molar-refractivity contribution in [3.63, 3.8) is 0 Å². The van der Waals surface area contributed by atoms with E-state index in [-0.39, 0.29) is 5.91 Å². The van der Waals surface area contributed by atoms with Crippen molar-refractivity contribution in [2.45, 2.75) is 25.9 Å². The molecule has 0 radical (unpaired) electrons. The quantitative estimate of drug-likeness (QED) is 0.728. The number of rotatable bonds is 5. The van der Waals surface area contributed by atoms with E-state index in [0.717, 1.165) is 17.7 Å². The van der Waals surface area contributed by atoms with Crippen molar-refractivity contribution in [3.8, 4) is 0 Å². The molecule has 0 saturated carbocycles. The summed E-state index contributed by atoms with van der Waals surface area (Å²) in [7, 11) is 0. The average molecular weight is 381 g/mol. The molecule has 1 aromatic heterocycles. The molecule has 6 heteroatoms. The van der Waals surface area contributed by atoms with Crippen molar-refractivity contribution in [2.75, 3.05) is 16.8 Å². The van der Waals surface area contributed by atoms with E-state index < -0.39 is 0 Å². The maximum absolute atomic E-state index is 12.7.